The van der Waals surface area contributed by atoms with Crippen LogP contribution in [0.3, 0.4) is 0 Å². The molecule has 18 heavy (non-hydrogen) atoms. The monoisotopic (exact) mass is 335 g/mol. The van der Waals surface area contributed by atoms with E-state index in [-0.39, 0.29) is 11.8 Å². The van der Waals surface area contributed by atoms with Gasteiger partial charge in [-0.15, -0.1) is 11.3 Å². The van der Waals surface area contributed by atoms with Crippen molar-refractivity contribution in [3.63, 3.8) is 0 Å². The van der Waals surface area contributed by atoms with Gasteiger partial charge in [0.15, 0.2) is 0 Å². The normalized spacial score (nSPS) is 13.6. The zero-order valence-corrected chi connectivity index (χ0v) is 12.8. The molecule has 1 aromatic heterocycles. The van der Waals surface area contributed by atoms with Gasteiger partial charge >= 0.3 is 5.97 Å². The predicted octanol–water partition coefficient (Wildman–Crippen LogP) is 2.21. The maximum absolute atomic E-state index is 10.4. The van der Waals surface area contributed by atoms with Gasteiger partial charge in [0.2, 0.25) is 0 Å². The first kappa shape index (κ1) is 15.6. The average molecular weight is 336 g/mol. The highest BCUT2D eigenvalue weighted by Crippen LogP contribution is 2.32. The molecule has 0 radical (unpaired) electrons. The maximum Gasteiger partial charge on any atom is 0.306 e. The summed E-state index contributed by atoms with van der Waals surface area (Å²) in [5, 5.41) is 21.1. The Hall–Kier alpha value is -0.430. The molecule has 102 valence electrons. The van der Waals surface area contributed by atoms with Gasteiger partial charge in [-0.05, 0) is 28.1 Å². The molecule has 0 fully saturated rings. The van der Waals surface area contributed by atoms with Crippen molar-refractivity contribution in [2.24, 2.45) is 0 Å². The first-order chi connectivity index (χ1) is 8.31. The minimum absolute atomic E-state index is 0.0420. The molecule has 3 N–H and O–H groups in total. The number of aliphatic hydroxyl groups excluding tert-OH is 1. The summed E-state index contributed by atoms with van der Waals surface area (Å²) in [5.41, 5.74) is -0.0420. The minimum atomic E-state index is -0.981. The van der Waals surface area contributed by atoms with E-state index in [1.54, 1.807) is 11.3 Å². The first-order valence-electron chi connectivity index (χ1n) is 5.67. The molecule has 1 atom stereocenters. The van der Waals surface area contributed by atoms with E-state index in [2.05, 4.69) is 41.2 Å². The van der Waals surface area contributed by atoms with Crippen LogP contribution < -0.4 is 5.32 Å². The van der Waals surface area contributed by atoms with Crippen LogP contribution in [0.2, 0.25) is 0 Å². The summed E-state index contributed by atoms with van der Waals surface area (Å²) < 4.78 is 1.09. The molecule has 0 bridgehead atoms. The number of aliphatic carboxylic acids is 1. The van der Waals surface area contributed by atoms with Gasteiger partial charge in [-0.1, -0.05) is 13.8 Å². The van der Waals surface area contributed by atoms with E-state index in [1.807, 2.05) is 6.07 Å². The van der Waals surface area contributed by atoms with E-state index in [0.717, 1.165) is 3.79 Å². The van der Waals surface area contributed by atoms with Crippen LogP contribution in [0.25, 0.3) is 0 Å². The molecule has 6 heteroatoms. The highest BCUT2D eigenvalue weighted by molar-refractivity contribution is 9.11. The number of thiophene rings is 1. The van der Waals surface area contributed by atoms with Crippen molar-refractivity contribution in [2.45, 2.75) is 31.8 Å². The molecule has 1 unspecified atom stereocenters. The van der Waals surface area contributed by atoms with E-state index >= 15 is 0 Å². The van der Waals surface area contributed by atoms with Gasteiger partial charge in [-0.25, -0.2) is 0 Å². The molecule has 4 nitrogen and oxygen atoms in total. The molecule has 0 aliphatic heterocycles. The molecule has 0 aliphatic rings. The van der Waals surface area contributed by atoms with Crippen LogP contribution in [0.5, 0.6) is 0 Å². The standard InChI is InChI=1S/C12H18BrNO3S/c1-12(2,9-3-4-10(13)18-9)7-14-6-8(15)5-11(16)17/h3-4,8,14-15H,5-7H2,1-2H3,(H,16,17). The molecule has 1 aromatic rings. The Bertz CT molecular complexity index is 406. The third-order valence-electron chi connectivity index (χ3n) is 2.60. The van der Waals surface area contributed by atoms with Gasteiger partial charge in [0.25, 0.3) is 0 Å². The summed E-state index contributed by atoms with van der Waals surface area (Å²) in [6, 6.07) is 4.09. The third-order valence-corrected chi connectivity index (χ3v) is 4.59. The van der Waals surface area contributed by atoms with Crippen molar-refractivity contribution >= 4 is 33.2 Å². The Morgan fingerprint density at radius 1 is 1.56 bits per heavy atom. The lowest BCUT2D eigenvalue weighted by Gasteiger charge is -2.24. The van der Waals surface area contributed by atoms with Crippen LogP contribution in [0.1, 0.15) is 25.1 Å². The molecule has 0 saturated carbocycles. The minimum Gasteiger partial charge on any atom is -0.481 e. The molecule has 0 aromatic carbocycles. The number of carboxylic acid groups (broad SMARTS) is 1. The largest absolute Gasteiger partial charge is 0.481 e. The van der Waals surface area contributed by atoms with E-state index in [9.17, 15) is 9.90 Å². The fourth-order valence-corrected chi connectivity index (χ4v) is 3.08. The summed E-state index contributed by atoms with van der Waals surface area (Å²) in [7, 11) is 0. The number of carboxylic acids is 1. The molecule has 0 amide bonds. The van der Waals surface area contributed by atoms with Crippen molar-refractivity contribution in [1.82, 2.24) is 5.32 Å². The van der Waals surface area contributed by atoms with E-state index in [1.165, 1.54) is 4.88 Å². The Balaban J connectivity index is 2.40. The van der Waals surface area contributed by atoms with Crippen LogP contribution >= 0.6 is 27.3 Å². The zero-order chi connectivity index (χ0) is 13.8. The van der Waals surface area contributed by atoms with E-state index in [0.29, 0.717) is 13.1 Å². The number of hydrogen-bond donors (Lipinski definition) is 3. The number of halogens is 1. The fourth-order valence-electron chi connectivity index (χ4n) is 1.59. The highest BCUT2D eigenvalue weighted by atomic mass is 79.9. The van der Waals surface area contributed by atoms with Gasteiger partial charge < -0.3 is 15.5 Å². The molecule has 0 spiro atoms. The Labute approximate surface area is 119 Å². The Kier molecular flexibility index (Phi) is 5.78. The van der Waals surface area contributed by atoms with Crippen LogP contribution in [-0.4, -0.2) is 35.4 Å². The van der Waals surface area contributed by atoms with E-state index in [4.69, 9.17) is 5.11 Å². The second-order valence-corrected chi connectivity index (χ2v) is 7.33. The van der Waals surface area contributed by atoms with Crippen molar-refractivity contribution < 1.29 is 15.0 Å². The highest BCUT2D eigenvalue weighted by Gasteiger charge is 2.22. The number of nitrogens with one attached hydrogen (secondary N) is 1. The third kappa shape index (κ3) is 5.06. The van der Waals surface area contributed by atoms with Crippen molar-refractivity contribution in [2.75, 3.05) is 13.1 Å². The van der Waals surface area contributed by atoms with Gasteiger partial charge in [-0.3, -0.25) is 4.79 Å². The fraction of sp³-hybridized carbons (Fsp3) is 0.583. The first-order valence-corrected chi connectivity index (χ1v) is 7.28. The summed E-state index contributed by atoms with van der Waals surface area (Å²) >= 11 is 5.12. The molecular weight excluding hydrogens is 318 g/mol. The average Bonchev–Trinajstić information content (AvgIpc) is 2.64. The van der Waals surface area contributed by atoms with Gasteiger partial charge in [0, 0.05) is 23.4 Å². The second-order valence-electron chi connectivity index (χ2n) is 4.87. The lowest BCUT2D eigenvalue weighted by atomic mass is 9.91. The predicted molar refractivity (Wildman–Crippen MR) is 76.2 cm³/mol. The zero-order valence-electron chi connectivity index (χ0n) is 10.4. The summed E-state index contributed by atoms with van der Waals surface area (Å²) in [6.07, 6.45) is -1.06. The summed E-state index contributed by atoms with van der Waals surface area (Å²) in [6.45, 7) is 5.21. The topological polar surface area (TPSA) is 69.6 Å². The number of rotatable bonds is 7. The summed E-state index contributed by atoms with van der Waals surface area (Å²) in [4.78, 5) is 11.6. The molecule has 0 aliphatic carbocycles. The van der Waals surface area contributed by atoms with Crippen LogP contribution in [0, 0.1) is 0 Å². The molecule has 0 saturated heterocycles. The number of aliphatic hydroxyl groups is 1. The second kappa shape index (κ2) is 6.65. The smallest absolute Gasteiger partial charge is 0.306 e. The molecule has 1 heterocycles. The van der Waals surface area contributed by atoms with Gasteiger partial charge in [0.1, 0.15) is 0 Å². The van der Waals surface area contributed by atoms with Crippen LogP contribution in [0.4, 0.5) is 0 Å². The quantitative estimate of drug-likeness (QED) is 0.714. The van der Waals surface area contributed by atoms with Crippen molar-refractivity contribution in [1.29, 1.82) is 0 Å². The molecule has 1 rings (SSSR count). The number of carbonyl (C=O) groups is 1. The van der Waals surface area contributed by atoms with Gasteiger partial charge in [-0.2, -0.15) is 0 Å². The Morgan fingerprint density at radius 3 is 2.72 bits per heavy atom. The lowest BCUT2D eigenvalue weighted by molar-refractivity contribution is -0.139. The van der Waals surface area contributed by atoms with Crippen LogP contribution in [-0.2, 0) is 10.2 Å². The SMILES string of the molecule is CC(C)(CNCC(O)CC(=O)O)c1ccc(Br)s1. The number of hydrogen-bond acceptors (Lipinski definition) is 4. The van der Waals surface area contributed by atoms with Crippen molar-refractivity contribution in [3.8, 4) is 0 Å². The maximum atomic E-state index is 10.4. The van der Waals surface area contributed by atoms with Crippen molar-refractivity contribution in [3.05, 3.63) is 20.8 Å². The van der Waals surface area contributed by atoms with Gasteiger partial charge in [0.05, 0.1) is 16.3 Å². The Morgan fingerprint density at radius 2 is 2.22 bits per heavy atom. The molecular formula is C12H18BrNO3S. The van der Waals surface area contributed by atoms with E-state index < -0.39 is 12.1 Å². The lowest BCUT2D eigenvalue weighted by Crippen LogP contribution is -2.37. The summed E-state index contributed by atoms with van der Waals surface area (Å²) in [5.74, 6) is -0.981. The van der Waals surface area contributed by atoms with Crippen LogP contribution in [0.15, 0.2) is 15.9 Å².